The number of halogens is 1. The number of methoxy groups -OCH3 is 1. The minimum Gasteiger partial charge on any atom is -0.465 e. The van der Waals surface area contributed by atoms with Gasteiger partial charge in [0.1, 0.15) is 10.8 Å². The SMILES string of the molecule is COC(=O)c1c(-c2cccc(C#N)c2)c(Cl)n2c1CN(C(=O)OC(C)(C)C)CC2. The minimum atomic E-state index is -0.623. The molecule has 3 rings (SSSR count). The molecule has 1 aliphatic heterocycles. The number of carbonyl (C=O) groups is 2. The summed E-state index contributed by atoms with van der Waals surface area (Å²) in [6.45, 7) is 6.37. The molecule has 0 aliphatic carbocycles. The number of nitriles is 1. The zero-order chi connectivity index (χ0) is 21.3. The molecule has 152 valence electrons. The van der Waals surface area contributed by atoms with Gasteiger partial charge < -0.3 is 18.9 Å². The molecule has 0 saturated carbocycles. The number of ether oxygens (including phenoxy) is 2. The van der Waals surface area contributed by atoms with Gasteiger partial charge in [0.15, 0.2) is 0 Å². The Balaban J connectivity index is 2.09. The second-order valence-corrected chi connectivity index (χ2v) is 8.08. The summed E-state index contributed by atoms with van der Waals surface area (Å²) in [7, 11) is 1.30. The predicted octanol–water partition coefficient (Wildman–Crippen LogP) is 4.22. The second-order valence-electron chi connectivity index (χ2n) is 7.73. The first-order chi connectivity index (χ1) is 13.7. The first-order valence-corrected chi connectivity index (χ1v) is 9.51. The van der Waals surface area contributed by atoms with E-state index in [0.717, 1.165) is 0 Å². The Hall–Kier alpha value is -2.98. The zero-order valence-corrected chi connectivity index (χ0v) is 17.5. The normalized spacial score (nSPS) is 13.4. The Kier molecular flexibility index (Phi) is 5.58. The van der Waals surface area contributed by atoms with Gasteiger partial charge in [-0.2, -0.15) is 5.26 Å². The summed E-state index contributed by atoms with van der Waals surface area (Å²) in [6.07, 6.45) is -0.454. The molecule has 8 heteroatoms. The monoisotopic (exact) mass is 415 g/mol. The number of aromatic nitrogens is 1. The van der Waals surface area contributed by atoms with Crippen molar-refractivity contribution in [2.75, 3.05) is 13.7 Å². The number of nitrogens with zero attached hydrogens (tertiary/aromatic N) is 3. The highest BCUT2D eigenvalue weighted by molar-refractivity contribution is 6.33. The average molecular weight is 416 g/mol. The lowest BCUT2D eigenvalue weighted by Crippen LogP contribution is -2.41. The molecule has 0 spiro atoms. The highest BCUT2D eigenvalue weighted by Gasteiger charge is 2.34. The van der Waals surface area contributed by atoms with E-state index in [1.807, 2.05) is 4.57 Å². The van der Waals surface area contributed by atoms with E-state index in [1.165, 1.54) is 7.11 Å². The largest absolute Gasteiger partial charge is 0.465 e. The first kappa shape index (κ1) is 20.7. The molecule has 1 aromatic carbocycles. The number of hydrogen-bond donors (Lipinski definition) is 0. The molecule has 0 fully saturated rings. The Bertz CT molecular complexity index is 1010. The Morgan fingerprint density at radius 3 is 2.59 bits per heavy atom. The summed E-state index contributed by atoms with van der Waals surface area (Å²) < 4.78 is 12.3. The maximum atomic E-state index is 12.7. The molecule has 29 heavy (non-hydrogen) atoms. The number of amides is 1. The Morgan fingerprint density at radius 2 is 1.97 bits per heavy atom. The van der Waals surface area contributed by atoms with E-state index in [9.17, 15) is 14.9 Å². The fourth-order valence-electron chi connectivity index (χ4n) is 3.33. The van der Waals surface area contributed by atoms with Crippen LogP contribution >= 0.6 is 11.6 Å². The molecule has 0 radical (unpaired) electrons. The van der Waals surface area contributed by atoms with Gasteiger partial charge in [-0.05, 0) is 38.5 Å². The van der Waals surface area contributed by atoms with Crippen LogP contribution in [0.3, 0.4) is 0 Å². The maximum absolute atomic E-state index is 12.7. The van der Waals surface area contributed by atoms with Gasteiger partial charge in [0, 0.05) is 18.7 Å². The molecule has 0 saturated heterocycles. The number of carbonyl (C=O) groups excluding carboxylic acids is 2. The van der Waals surface area contributed by atoms with E-state index in [4.69, 9.17) is 21.1 Å². The lowest BCUT2D eigenvalue weighted by molar-refractivity contribution is 0.0196. The molecule has 0 bridgehead atoms. The summed E-state index contributed by atoms with van der Waals surface area (Å²) in [5, 5.41) is 9.59. The predicted molar refractivity (Wildman–Crippen MR) is 108 cm³/mol. The van der Waals surface area contributed by atoms with Crippen molar-refractivity contribution in [1.29, 1.82) is 5.26 Å². The summed E-state index contributed by atoms with van der Waals surface area (Å²) in [6, 6.07) is 8.95. The average Bonchev–Trinajstić information content (AvgIpc) is 2.98. The summed E-state index contributed by atoms with van der Waals surface area (Å²) in [5.41, 5.74) is 1.84. The molecule has 1 aromatic heterocycles. The van der Waals surface area contributed by atoms with E-state index >= 15 is 0 Å². The second kappa shape index (κ2) is 7.80. The van der Waals surface area contributed by atoms with Gasteiger partial charge in [-0.1, -0.05) is 23.7 Å². The molecule has 1 amide bonds. The lowest BCUT2D eigenvalue weighted by atomic mass is 10.0. The van der Waals surface area contributed by atoms with Gasteiger partial charge in [0.05, 0.1) is 36.5 Å². The van der Waals surface area contributed by atoms with Crippen LogP contribution in [-0.2, 0) is 22.6 Å². The molecule has 2 heterocycles. The van der Waals surface area contributed by atoms with Crippen molar-refractivity contribution in [1.82, 2.24) is 9.47 Å². The molecule has 0 N–H and O–H groups in total. The fourth-order valence-corrected chi connectivity index (χ4v) is 3.72. The van der Waals surface area contributed by atoms with E-state index in [-0.39, 0.29) is 6.54 Å². The van der Waals surface area contributed by atoms with Crippen molar-refractivity contribution < 1.29 is 19.1 Å². The van der Waals surface area contributed by atoms with Gasteiger partial charge in [-0.25, -0.2) is 9.59 Å². The van der Waals surface area contributed by atoms with E-state index in [0.29, 0.717) is 46.2 Å². The van der Waals surface area contributed by atoms with Crippen molar-refractivity contribution in [2.45, 2.75) is 39.5 Å². The van der Waals surface area contributed by atoms with Crippen molar-refractivity contribution in [3.63, 3.8) is 0 Å². The Morgan fingerprint density at radius 1 is 1.24 bits per heavy atom. The highest BCUT2D eigenvalue weighted by atomic mass is 35.5. The van der Waals surface area contributed by atoms with Crippen molar-refractivity contribution >= 4 is 23.7 Å². The number of hydrogen-bond acceptors (Lipinski definition) is 5. The standard InChI is InChI=1S/C21H22ClN3O4/c1-21(2,3)29-20(27)24-8-9-25-15(12-24)17(19(26)28-4)16(18(25)22)14-7-5-6-13(10-14)11-23/h5-7,10H,8-9,12H2,1-4H3. The number of benzene rings is 1. The topological polar surface area (TPSA) is 84.6 Å². The van der Waals surface area contributed by atoms with Crippen molar-refractivity contribution in [2.24, 2.45) is 0 Å². The molecule has 0 atom stereocenters. The third kappa shape index (κ3) is 4.08. The van der Waals surface area contributed by atoms with Crippen LogP contribution in [0.15, 0.2) is 24.3 Å². The number of esters is 1. The molecular weight excluding hydrogens is 394 g/mol. The van der Waals surface area contributed by atoms with Crippen molar-refractivity contribution in [3.8, 4) is 17.2 Å². The van der Waals surface area contributed by atoms with Gasteiger partial charge in [0.2, 0.25) is 0 Å². The fraction of sp³-hybridized carbons (Fsp3) is 0.381. The Labute approximate surface area is 174 Å². The molecule has 7 nitrogen and oxygen atoms in total. The van der Waals surface area contributed by atoms with E-state index < -0.39 is 17.7 Å². The third-order valence-electron chi connectivity index (χ3n) is 4.56. The van der Waals surface area contributed by atoms with Crippen LogP contribution in [0.25, 0.3) is 11.1 Å². The maximum Gasteiger partial charge on any atom is 0.410 e. The van der Waals surface area contributed by atoms with Crippen LogP contribution in [0.1, 0.15) is 42.4 Å². The van der Waals surface area contributed by atoms with Gasteiger partial charge in [-0.3, -0.25) is 0 Å². The van der Waals surface area contributed by atoms with Crippen LogP contribution in [0.5, 0.6) is 0 Å². The zero-order valence-electron chi connectivity index (χ0n) is 16.8. The van der Waals surface area contributed by atoms with Crippen molar-refractivity contribution in [3.05, 3.63) is 46.2 Å². The first-order valence-electron chi connectivity index (χ1n) is 9.14. The van der Waals surface area contributed by atoms with Crippen LogP contribution < -0.4 is 0 Å². The molecule has 0 unspecified atom stereocenters. The highest BCUT2D eigenvalue weighted by Crippen LogP contribution is 2.39. The number of rotatable bonds is 2. The molecular formula is C21H22ClN3O4. The van der Waals surface area contributed by atoms with Gasteiger partial charge in [-0.15, -0.1) is 0 Å². The van der Waals surface area contributed by atoms with Crippen LogP contribution in [0, 0.1) is 11.3 Å². The summed E-state index contributed by atoms with van der Waals surface area (Å²) in [5.74, 6) is -0.552. The van der Waals surface area contributed by atoms with Gasteiger partial charge in [0.25, 0.3) is 0 Å². The number of fused-ring (bicyclic) bond motifs is 1. The minimum absolute atomic E-state index is 0.164. The summed E-state index contributed by atoms with van der Waals surface area (Å²) >= 11 is 6.65. The smallest absolute Gasteiger partial charge is 0.410 e. The quantitative estimate of drug-likeness (QED) is 0.685. The van der Waals surface area contributed by atoms with Gasteiger partial charge >= 0.3 is 12.1 Å². The van der Waals surface area contributed by atoms with E-state index in [2.05, 4.69) is 6.07 Å². The van der Waals surface area contributed by atoms with E-state index in [1.54, 1.807) is 49.9 Å². The van der Waals surface area contributed by atoms with Crippen LogP contribution in [0.2, 0.25) is 5.15 Å². The van der Waals surface area contributed by atoms with Crippen LogP contribution in [-0.4, -0.2) is 40.8 Å². The summed E-state index contributed by atoms with van der Waals surface area (Å²) in [4.78, 5) is 26.7. The molecule has 2 aromatic rings. The van der Waals surface area contributed by atoms with Crippen LogP contribution in [0.4, 0.5) is 4.79 Å². The third-order valence-corrected chi connectivity index (χ3v) is 4.96. The lowest BCUT2D eigenvalue weighted by Gasteiger charge is -2.31. The molecule has 1 aliphatic rings.